The summed E-state index contributed by atoms with van der Waals surface area (Å²) in [5, 5.41) is 8.76. The number of anilines is 1. The number of hydrogen-bond donors (Lipinski definition) is 2. The Bertz CT molecular complexity index is 584. The predicted octanol–water partition coefficient (Wildman–Crippen LogP) is 3.23. The molecule has 2 rings (SSSR count). The van der Waals surface area contributed by atoms with Crippen molar-refractivity contribution < 1.29 is 0 Å². The normalized spacial score (nSPS) is 11.3. The van der Waals surface area contributed by atoms with Crippen molar-refractivity contribution in [3.63, 3.8) is 0 Å². The molecule has 1 aromatic heterocycles. The summed E-state index contributed by atoms with van der Waals surface area (Å²) in [6, 6.07) is 7.82. The first-order valence-electron chi connectivity index (χ1n) is 7.95. The second-order valence-corrected chi connectivity index (χ2v) is 5.66. The van der Waals surface area contributed by atoms with Crippen molar-refractivity contribution in [3.8, 4) is 0 Å². The van der Waals surface area contributed by atoms with Crippen LogP contribution in [0.4, 0.5) is 5.69 Å². The fourth-order valence-electron chi connectivity index (χ4n) is 2.46. The zero-order valence-corrected chi connectivity index (χ0v) is 14.2. The molecule has 0 spiro atoms. The van der Waals surface area contributed by atoms with Gasteiger partial charge in [-0.1, -0.05) is 25.4 Å². The van der Waals surface area contributed by atoms with Crippen molar-refractivity contribution in [2.75, 3.05) is 44.6 Å². The topological polar surface area (TPSA) is 40.2 Å². The lowest BCUT2D eigenvalue weighted by Gasteiger charge is -2.18. The Morgan fingerprint density at radius 3 is 2.68 bits per heavy atom. The van der Waals surface area contributed by atoms with Crippen molar-refractivity contribution in [1.82, 2.24) is 15.2 Å². The molecule has 0 saturated carbocycles. The van der Waals surface area contributed by atoms with Crippen molar-refractivity contribution in [2.45, 2.75) is 13.8 Å². The van der Waals surface area contributed by atoms with Gasteiger partial charge in [0.2, 0.25) is 0 Å². The lowest BCUT2D eigenvalue weighted by Crippen LogP contribution is -2.33. The average Bonchev–Trinajstić information content (AvgIpc) is 2.54. The maximum atomic E-state index is 6.01. The van der Waals surface area contributed by atoms with Crippen LogP contribution < -0.4 is 10.6 Å². The standard InChI is InChI=1S/C17H25ClN4/c1-3-22(4-2)12-11-19-9-10-21-16-7-8-20-17-13-14(18)5-6-15(16)17/h5-8,13,19H,3-4,9-12H2,1-2H3,(H,20,21). The fourth-order valence-corrected chi connectivity index (χ4v) is 2.63. The minimum atomic E-state index is 0.718. The molecule has 2 N–H and O–H groups in total. The van der Waals surface area contributed by atoms with Crippen molar-refractivity contribution in [1.29, 1.82) is 0 Å². The molecule has 4 nitrogen and oxygen atoms in total. The molecule has 5 heteroatoms. The van der Waals surface area contributed by atoms with Gasteiger partial charge in [0.15, 0.2) is 0 Å². The van der Waals surface area contributed by atoms with E-state index in [2.05, 4.69) is 34.4 Å². The molecule has 22 heavy (non-hydrogen) atoms. The summed E-state index contributed by atoms with van der Waals surface area (Å²) >= 11 is 6.01. The van der Waals surface area contributed by atoms with Crippen LogP contribution in [0.15, 0.2) is 30.5 Å². The Balaban J connectivity index is 1.78. The van der Waals surface area contributed by atoms with Crippen LogP contribution in [-0.4, -0.2) is 49.2 Å². The molecule has 0 aliphatic rings. The molecule has 0 bridgehead atoms. The first-order chi connectivity index (χ1) is 10.7. The molecule has 1 heterocycles. The van der Waals surface area contributed by atoms with E-state index in [1.54, 1.807) is 0 Å². The average molecular weight is 321 g/mol. The number of rotatable bonds is 9. The number of hydrogen-bond acceptors (Lipinski definition) is 4. The van der Waals surface area contributed by atoms with E-state index in [9.17, 15) is 0 Å². The van der Waals surface area contributed by atoms with Gasteiger partial charge in [-0.15, -0.1) is 0 Å². The first-order valence-corrected chi connectivity index (χ1v) is 8.33. The van der Waals surface area contributed by atoms with E-state index in [0.29, 0.717) is 0 Å². The smallest absolute Gasteiger partial charge is 0.0737 e. The zero-order chi connectivity index (χ0) is 15.8. The summed E-state index contributed by atoms with van der Waals surface area (Å²) in [7, 11) is 0. The predicted molar refractivity (Wildman–Crippen MR) is 95.9 cm³/mol. The van der Waals surface area contributed by atoms with E-state index in [0.717, 1.165) is 60.9 Å². The Kier molecular flexibility index (Phi) is 6.90. The van der Waals surface area contributed by atoms with Crippen LogP contribution in [0, 0.1) is 0 Å². The van der Waals surface area contributed by atoms with E-state index in [4.69, 9.17) is 11.6 Å². The Hall–Kier alpha value is -1.36. The number of pyridine rings is 1. The second-order valence-electron chi connectivity index (χ2n) is 5.22. The van der Waals surface area contributed by atoms with Crippen LogP contribution >= 0.6 is 11.6 Å². The van der Waals surface area contributed by atoms with Gasteiger partial charge in [0, 0.05) is 48.5 Å². The van der Waals surface area contributed by atoms with E-state index in [-0.39, 0.29) is 0 Å². The molecule has 0 saturated heterocycles. The van der Waals surface area contributed by atoms with Crippen LogP contribution in [0.3, 0.4) is 0 Å². The number of benzene rings is 1. The minimum Gasteiger partial charge on any atom is -0.383 e. The highest BCUT2D eigenvalue weighted by Gasteiger charge is 2.02. The number of halogens is 1. The Labute approximate surface area is 137 Å². The van der Waals surface area contributed by atoms with E-state index in [1.165, 1.54) is 0 Å². The van der Waals surface area contributed by atoms with Gasteiger partial charge in [-0.3, -0.25) is 4.98 Å². The molecule has 0 atom stereocenters. The number of likely N-dealkylation sites (N-methyl/N-ethyl adjacent to an activating group) is 1. The van der Waals surface area contributed by atoms with Gasteiger partial charge in [0.25, 0.3) is 0 Å². The Morgan fingerprint density at radius 1 is 1.09 bits per heavy atom. The molecule has 0 unspecified atom stereocenters. The quantitative estimate of drug-likeness (QED) is 0.696. The van der Waals surface area contributed by atoms with Crippen LogP contribution in [0.5, 0.6) is 0 Å². The van der Waals surface area contributed by atoms with Gasteiger partial charge in [-0.05, 0) is 37.4 Å². The summed E-state index contributed by atoms with van der Waals surface area (Å²) in [6.45, 7) is 10.6. The third-order valence-corrected chi connectivity index (χ3v) is 4.06. The molecule has 120 valence electrons. The SMILES string of the molecule is CCN(CC)CCNCCNc1ccnc2cc(Cl)ccc12. The van der Waals surface area contributed by atoms with Gasteiger partial charge >= 0.3 is 0 Å². The van der Waals surface area contributed by atoms with Gasteiger partial charge in [-0.2, -0.15) is 0 Å². The van der Waals surface area contributed by atoms with E-state index >= 15 is 0 Å². The summed E-state index contributed by atoms with van der Waals surface area (Å²) in [6.07, 6.45) is 1.81. The highest BCUT2D eigenvalue weighted by molar-refractivity contribution is 6.31. The maximum absolute atomic E-state index is 6.01. The number of nitrogens with zero attached hydrogens (tertiary/aromatic N) is 2. The van der Waals surface area contributed by atoms with Gasteiger partial charge in [0.1, 0.15) is 0 Å². The summed E-state index contributed by atoms with van der Waals surface area (Å²) in [5.41, 5.74) is 2.03. The molecule has 0 aliphatic carbocycles. The molecule has 0 fully saturated rings. The van der Waals surface area contributed by atoms with E-state index < -0.39 is 0 Å². The van der Waals surface area contributed by atoms with Gasteiger partial charge < -0.3 is 15.5 Å². The van der Waals surface area contributed by atoms with Crippen molar-refractivity contribution >= 4 is 28.2 Å². The highest BCUT2D eigenvalue weighted by atomic mass is 35.5. The molecular weight excluding hydrogens is 296 g/mol. The summed E-state index contributed by atoms with van der Waals surface area (Å²) in [5.74, 6) is 0. The first kappa shape index (κ1) is 17.0. The number of nitrogens with one attached hydrogen (secondary N) is 2. The summed E-state index contributed by atoms with van der Waals surface area (Å²) in [4.78, 5) is 6.77. The highest BCUT2D eigenvalue weighted by Crippen LogP contribution is 2.23. The lowest BCUT2D eigenvalue weighted by molar-refractivity contribution is 0.303. The van der Waals surface area contributed by atoms with Crippen LogP contribution in [0.1, 0.15) is 13.8 Å². The van der Waals surface area contributed by atoms with E-state index in [1.807, 2.05) is 30.5 Å². The van der Waals surface area contributed by atoms with Crippen molar-refractivity contribution in [3.05, 3.63) is 35.5 Å². The van der Waals surface area contributed by atoms with Crippen LogP contribution in [0.2, 0.25) is 5.02 Å². The van der Waals surface area contributed by atoms with Crippen molar-refractivity contribution in [2.24, 2.45) is 0 Å². The molecule has 2 aromatic rings. The minimum absolute atomic E-state index is 0.718. The largest absolute Gasteiger partial charge is 0.383 e. The monoisotopic (exact) mass is 320 g/mol. The number of aromatic nitrogens is 1. The molecule has 0 radical (unpaired) electrons. The maximum Gasteiger partial charge on any atom is 0.0737 e. The summed E-state index contributed by atoms with van der Waals surface area (Å²) < 4.78 is 0. The Morgan fingerprint density at radius 2 is 1.91 bits per heavy atom. The molecular formula is C17H25ClN4. The zero-order valence-electron chi connectivity index (χ0n) is 13.4. The van der Waals surface area contributed by atoms with Gasteiger partial charge in [-0.25, -0.2) is 0 Å². The van der Waals surface area contributed by atoms with Crippen LogP contribution in [0.25, 0.3) is 10.9 Å². The third-order valence-electron chi connectivity index (χ3n) is 3.82. The van der Waals surface area contributed by atoms with Gasteiger partial charge in [0.05, 0.1) is 5.52 Å². The third kappa shape index (κ3) is 4.83. The fraction of sp³-hybridized carbons (Fsp3) is 0.471. The molecule has 0 amide bonds. The number of fused-ring (bicyclic) bond motifs is 1. The lowest BCUT2D eigenvalue weighted by atomic mass is 10.2. The second kappa shape index (κ2) is 8.93. The molecule has 1 aromatic carbocycles. The molecule has 0 aliphatic heterocycles. The van der Waals surface area contributed by atoms with Crippen LogP contribution in [-0.2, 0) is 0 Å².